The lowest BCUT2D eigenvalue weighted by atomic mass is 9.90. The number of aryl methyl sites for hydroxylation is 1. The van der Waals surface area contributed by atoms with Crippen molar-refractivity contribution in [1.29, 1.82) is 0 Å². The van der Waals surface area contributed by atoms with Gasteiger partial charge in [0, 0.05) is 26.1 Å². The second-order valence-electron chi connectivity index (χ2n) is 5.68. The number of rotatable bonds is 3. The van der Waals surface area contributed by atoms with E-state index in [1.54, 1.807) is 0 Å². The first-order valence-corrected chi connectivity index (χ1v) is 7.36. The van der Waals surface area contributed by atoms with Crippen molar-refractivity contribution in [3.8, 4) is 5.75 Å². The first-order chi connectivity index (χ1) is 9.58. The van der Waals surface area contributed by atoms with Crippen molar-refractivity contribution in [3.05, 3.63) is 28.8 Å². The van der Waals surface area contributed by atoms with Crippen LogP contribution >= 0.6 is 11.6 Å². The second-order valence-corrected chi connectivity index (χ2v) is 6.09. The molecule has 2 aliphatic heterocycles. The van der Waals surface area contributed by atoms with Crippen LogP contribution in [0.15, 0.2) is 18.2 Å². The molecular formula is C15H18ClNO3. The number of ether oxygens (including phenoxy) is 1. The summed E-state index contributed by atoms with van der Waals surface area (Å²) in [5, 5.41) is 9.44. The molecule has 1 aromatic rings. The van der Waals surface area contributed by atoms with Gasteiger partial charge in [-0.25, -0.2) is 0 Å². The monoisotopic (exact) mass is 295 g/mol. The number of carboxylic acid groups (broad SMARTS) is 1. The van der Waals surface area contributed by atoms with Gasteiger partial charge in [0.15, 0.2) is 0 Å². The molecule has 1 saturated heterocycles. The predicted molar refractivity (Wildman–Crippen MR) is 76.4 cm³/mol. The SMILES string of the molecule is O=C(O)CCN1CCC2(CCc3cccc(Cl)c3O2)C1. The minimum absolute atomic E-state index is 0.184. The standard InChI is InChI=1S/C15H18ClNO3/c16-12-3-1-2-11-4-6-15(20-14(11)12)7-9-17(10-15)8-5-13(18)19/h1-3H,4-10H2,(H,18,19). The van der Waals surface area contributed by atoms with E-state index in [2.05, 4.69) is 11.0 Å². The normalized spacial score (nSPS) is 25.4. The van der Waals surface area contributed by atoms with E-state index in [9.17, 15) is 4.79 Å². The summed E-state index contributed by atoms with van der Waals surface area (Å²) in [7, 11) is 0. The van der Waals surface area contributed by atoms with Crippen LogP contribution in [0.2, 0.25) is 5.02 Å². The molecule has 1 unspecified atom stereocenters. The molecular weight excluding hydrogens is 278 g/mol. The molecule has 20 heavy (non-hydrogen) atoms. The molecule has 2 aliphatic rings. The lowest BCUT2D eigenvalue weighted by molar-refractivity contribution is -0.137. The van der Waals surface area contributed by atoms with Gasteiger partial charge in [-0.05, 0) is 24.5 Å². The Morgan fingerprint density at radius 3 is 3.10 bits per heavy atom. The Hall–Kier alpha value is -1.26. The van der Waals surface area contributed by atoms with Gasteiger partial charge >= 0.3 is 5.97 Å². The molecule has 1 fully saturated rings. The van der Waals surface area contributed by atoms with Gasteiger partial charge < -0.3 is 9.84 Å². The highest BCUT2D eigenvalue weighted by atomic mass is 35.5. The summed E-state index contributed by atoms with van der Waals surface area (Å²) < 4.78 is 6.23. The molecule has 0 aliphatic carbocycles. The topological polar surface area (TPSA) is 49.8 Å². The zero-order chi connectivity index (χ0) is 14.2. The zero-order valence-corrected chi connectivity index (χ0v) is 12.0. The third-order valence-corrected chi connectivity index (χ3v) is 4.55. The van der Waals surface area contributed by atoms with Gasteiger partial charge in [0.05, 0.1) is 11.4 Å². The number of benzene rings is 1. The van der Waals surface area contributed by atoms with Gasteiger partial charge in [0.25, 0.3) is 0 Å². The Balaban J connectivity index is 1.70. The van der Waals surface area contributed by atoms with E-state index in [1.807, 2.05) is 12.1 Å². The Kier molecular flexibility index (Phi) is 3.61. The maximum absolute atomic E-state index is 10.7. The number of carbonyl (C=O) groups is 1. The summed E-state index contributed by atoms with van der Waals surface area (Å²) in [6, 6.07) is 5.87. The zero-order valence-electron chi connectivity index (χ0n) is 11.3. The number of hydrogen-bond donors (Lipinski definition) is 1. The van der Waals surface area contributed by atoms with Crippen molar-refractivity contribution in [3.63, 3.8) is 0 Å². The Labute approximate surface area is 123 Å². The number of nitrogens with zero attached hydrogens (tertiary/aromatic N) is 1. The van der Waals surface area contributed by atoms with Gasteiger partial charge in [0.2, 0.25) is 0 Å². The van der Waals surface area contributed by atoms with Gasteiger partial charge in [-0.2, -0.15) is 0 Å². The predicted octanol–water partition coefficient (Wildman–Crippen LogP) is 2.58. The summed E-state index contributed by atoms with van der Waals surface area (Å²) >= 11 is 6.23. The minimum Gasteiger partial charge on any atom is -0.484 e. The average Bonchev–Trinajstić information content (AvgIpc) is 2.81. The molecule has 0 bridgehead atoms. The minimum atomic E-state index is -0.746. The Bertz CT molecular complexity index is 534. The van der Waals surface area contributed by atoms with Gasteiger partial charge in [-0.15, -0.1) is 0 Å². The van der Waals surface area contributed by atoms with Crippen LogP contribution < -0.4 is 4.74 Å². The summed E-state index contributed by atoms with van der Waals surface area (Å²) in [5.41, 5.74) is 0.989. The van der Waals surface area contributed by atoms with Gasteiger partial charge in [-0.1, -0.05) is 23.7 Å². The van der Waals surface area contributed by atoms with Crippen molar-refractivity contribution >= 4 is 17.6 Å². The van der Waals surface area contributed by atoms with Crippen LogP contribution in [0.4, 0.5) is 0 Å². The molecule has 3 rings (SSSR count). The molecule has 1 aromatic carbocycles. The Morgan fingerprint density at radius 2 is 2.30 bits per heavy atom. The molecule has 108 valence electrons. The van der Waals surface area contributed by atoms with Crippen molar-refractivity contribution in [2.24, 2.45) is 0 Å². The van der Waals surface area contributed by atoms with E-state index in [0.29, 0.717) is 11.6 Å². The molecule has 1 atom stereocenters. The van der Waals surface area contributed by atoms with Gasteiger partial charge in [0.1, 0.15) is 11.4 Å². The fourth-order valence-electron chi connectivity index (χ4n) is 3.15. The molecule has 0 aromatic heterocycles. The molecule has 1 spiro atoms. The van der Waals surface area contributed by atoms with E-state index in [1.165, 1.54) is 5.56 Å². The number of fused-ring (bicyclic) bond motifs is 1. The van der Waals surface area contributed by atoms with E-state index >= 15 is 0 Å². The number of likely N-dealkylation sites (tertiary alicyclic amines) is 1. The quantitative estimate of drug-likeness (QED) is 0.931. The average molecular weight is 296 g/mol. The van der Waals surface area contributed by atoms with Gasteiger partial charge in [-0.3, -0.25) is 9.69 Å². The van der Waals surface area contributed by atoms with Crippen LogP contribution in [0.25, 0.3) is 0 Å². The van der Waals surface area contributed by atoms with E-state index in [-0.39, 0.29) is 12.0 Å². The van der Waals surface area contributed by atoms with E-state index in [0.717, 1.165) is 38.1 Å². The summed E-state index contributed by atoms with van der Waals surface area (Å²) in [5.74, 6) is 0.0735. The molecule has 4 nitrogen and oxygen atoms in total. The second kappa shape index (κ2) is 5.26. The van der Waals surface area contributed by atoms with Crippen LogP contribution in [0.1, 0.15) is 24.8 Å². The molecule has 0 saturated carbocycles. The van der Waals surface area contributed by atoms with Crippen LogP contribution in [0, 0.1) is 0 Å². The number of carboxylic acids is 1. The van der Waals surface area contributed by atoms with Crippen LogP contribution in [0.3, 0.4) is 0 Å². The molecule has 0 radical (unpaired) electrons. The first kappa shape index (κ1) is 13.7. The van der Waals surface area contributed by atoms with Crippen molar-refractivity contribution in [2.45, 2.75) is 31.3 Å². The van der Waals surface area contributed by atoms with Crippen LogP contribution in [-0.4, -0.2) is 41.2 Å². The first-order valence-electron chi connectivity index (χ1n) is 6.99. The Morgan fingerprint density at radius 1 is 1.45 bits per heavy atom. The highest BCUT2D eigenvalue weighted by Gasteiger charge is 2.42. The van der Waals surface area contributed by atoms with Crippen molar-refractivity contribution in [1.82, 2.24) is 4.90 Å². The fourth-order valence-corrected chi connectivity index (χ4v) is 3.39. The molecule has 2 heterocycles. The summed E-state index contributed by atoms with van der Waals surface area (Å²) in [6.45, 7) is 2.29. The van der Waals surface area contributed by atoms with Crippen LogP contribution in [-0.2, 0) is 11.2 Å². The highest BCUT2D eigenvalue weighted by Crippen LogP contribution is 2.42. The maximum atomic E-state index is 10.7. The summed E-state index contributed by atoms with van der Waals surface area (Å²) in [4.78, 5) is 12.8. The fraction of sp³-hybridized carbons (Fsp3) is 0.533. The van der Waals surface area contributed by atoms with Crippen LogP contribution in [0.5, 0.6) is 5.75 Å². The smallest absolute Gasteiger partial charge is 0.304 e. The summed E-state index contributed by atoms with van der Waals surface area (Å²) in [6.07, 6.45) is 3.08. The number of para-hydroxylation sites is 1. The van der Waals surface area contributed by atoms with Crippen molar-refractivity contribution < 1.29 is 14.6 Å². The highest BCUT2D eigenvalue weighted by molar-refractivity contribution is 6.32. The third kappa shape index (κ3) is 2.63. The van der Waals surface area contributed by atoms with E-state index < -0.39 is 5.97 Å². The largest absolute Gasteiger partial charge is 0.484 e. The number of aliphatic carboxylic acids is 1. The third-order valence-electron chi connectivity index (χ3n) is 4.25. The number of halogens is 1. The van der Waals surface area contributed by atoms with E-state index in [4.69, 9.17) is 21.4 Å². The molecule has 5 heteroatoms. The lowest BCUT2D eigenvalue weighted by Gasteiger charge is -2.36. The number of hydrogen-bond acceptors (Lipinski definition) is 3. The molecule has 1 N–H and O–H groups in total. The molecule has 0 amide bonds. The maximum Gasteiger partial charge on any atom is 0.304 e. The van der Waals surface area contributed by atoms with Crippen molar-refractivity contribution in [2.75, 3.05) is 19.6 Å². The lowest BCUT2D eigenvalue weighted by Crippen LogP contribution is -2.42.